The number of ketones is 1. The molecule has 3 fully saturated rings. The van der Waals surface area contributed by atoms with Gasteiger partial charge in [0.25, 0.3) is 0 Å². The molecule has 1 saturated carbocycles. The number of piperidine rings is 2. The Balaban J connectivity index is 1.88. The molecule has 0 radical (unpaired) electrons. The van der Waals surface area contributed by atoms with Crippen molar-refractivity contribution in [3.8, 4) is 5.75 Å². The van der Waals surface area contributed by atoms with Gasteiger partial charge in [0.1, 0.15) is 11.2 Å². The van der Waals surface area contributed by atoms with E-state index in [4.69, 9.17) is 9.47 Å². The highest BCUT2D eigenvalue weighted by Crippen LogP contribution is 2.68. The zero-order chi connectivity index (χ0) is 21.9. The largest absolute Gasteiger partial charge is 0.497 e. The molecule has 2 saturated heterocycles. The van der Waals surface area contributed by atoms with E-state index in [2.05, 4.69) is 37.9 Å². The summed E-state index contributed by atoms with van der Waals surface area (Å²) in [5, 5.41) is 0. The molecular formula is C25H35NO4. The maximum absolute atomic E-state index is 13.5. The maximum Gasteiger partial charge on any atom is 0.321 e. The fourth-order valence-corrected chi connectivity index (χ4v) is 7.02. The van der Waals surface area contributed by atoms with E-state index in [1.54, 1.807) is 7.11 Å². The van der Waals surface area contributed by atoms with Crippen molar-refractivity contribution in [1.82, 2.24) is 4.90 Å². The summed E-state index contributed by atoms with van der Waals surface area (Å²) < 4.78 is 11.1. The average molecular weight is 414 g/mol. The Bertz CT molecular complexity index is 862. The Hall–Kier alpha value is -1.88. The van der Waals surface area contributed by atoms with Crippen molar-refractivity contribution in [1.29, 1.82) is 0 Å². The number of nitrogens with zero attached hydrogens (tertiary/aromatic N) is 1. The number of hydrogen-bond donors (Lipinski definition) is 0. The van der Waals surface area contributed by atoms with Crippen LogP contribution in [-0.4, -0.2) is 49.5 Å². The lowest BCUT2D eigenvalue weighted by Gasteiger charge is -2.71. The Labute approximate surface area is 180 Å². The van der Waals surface area contributed by atoms with Gasteiger partial charge in [-0.3, -0.25) is 14.5 Å². The maximum atomic E-state index is 13.5. The van der Waals surface area contributed by atoms with E-state index >= 15 is 0 Å². The lowest BCUT2D eigenvalue weighted by molar-refractivity contribution is -0.208. The normalized spacial score (nSPS) is 36.9. The van der Waals surface area contributed by atoms with Crippen LogP contribution in [0.15, 0.2) is 18.2 Å². The second kappa shape index (κ2) is 7.08. The third-order valence-electron chi connectivity index (χ3n) is 8.73. The van der Waals surface area contributed by atoms with Gasteiger partial charge in [-0.1, -0.05) is 26.8 Å². The SMILES string of the molecule is CCCC(=O)C1(C(=O)OCC)CC2(C)C3Cc4ccc(OC)cc4C2(C)CC1N3C. The van der Waals surface area contributed by atoms with Gasteiger partial charge in [0.05, 0.1) is 13.7 Å². The predicted molar refractivity (Wildman–Crippen MR) is 116 cm³/mol. The van der Waals surface area contributed by atoms with E-state index in [1.165, 1.54) is 11.1 Å². The van der Waals surface area contributed by atoms with Crippen molar-refractivity contribution in [2.75, 3.05) is 20.8 Å². The minimum absolute atomic E-state index is 0.0541. The van der Waals surface area contributed by atoms with Crippen LogP contribution in [0.5, 0.6) is 5.75 Å². The minimum Gasteiger partial charge on any atom is -0.497 e. The lowest BCUT2D eigenvalue weighted by atomic mass is 9.39. The zero-order valence-corrected chi connectivity index (χ0v) is 19.2. The number of carbonyl (C=O) groups is 2. The van der Waals surface area contributed by atoms with Crippen molar-refractivity contribution >= 4 is 11.8 Å². The fraction of sp³-hybridized carbons (Fsp3) is 0.680. The van der Waals surface area contributed by atoms with Crippen LogP contribution in [0.4, 0.5) is 0 Å². The van der Waals surface area contributed by atoms with Gasteiger partial charge in [0.2, 0.25) is 0 Å². The average Bonchev–Trinajstić information content (AvgIpc) is 2.71. The van der Waals surface area contributed by atoms with Gasteiger partial charge in [0, 0.05) is 23.9 Å². The van der Waals surface area contributed by atoms with Crippen LogP contribution in [0, 0.1) is 10.8 Å². The summed E-state index contributed by atoms with van der Waals surface area (Å²) in [6.07, 6.45) is 3.42. The molecule has 5 rings (SSSR count). The second-order valence-corrected chi connectivity index (χ2v) is 9.92. The summed E-state index contributed by atoms with van der Waals surface area (Å²) in [6.45, 7) is 8.74. The summed E-state index contributed by atoms with van der Waals surface area (Å²) in [5.74, 6) is 0.600. The Morgan fingerprint density at radius 2 is 1.93 bits per heavy atom. The molecule has 30 heavy (non-hydrogen) atoms. The number of esters is 1. The molecule has 0 spiro atoms. The molecule has 1 aromatic carbocycles. The molecule has 1 aromatic rings. The van der Waals surface area contributed by atoms with Gasteiger partial charge >= 0.3 is 5.97 Å². The number of fused-ring (bicyclic) bond motifs is 2. The zero-order valence-electron chi connectivity index (χ0n) is 19.2. The monoisotopic (exact) mass is 413 g/mol. The minimum atomic E-state index is -1.07. The first-order valence-corrected chi connectivity index (χ1v) is 11.3. The Morgan fingerprint density at radius 3 is 2.57 bits per heavy atom. The van der Waals surface area contributed by atoms with Crippen LogP contribution in [0.25, 0.3) is 0 Å². The van der Waals surface area contributed by atoms with Crippen molar-refractivity contribution in [3.05, 3.63) is 29.3 Å². The highest BCUT2D eigenvalue weighted by Gasteiger charge is 2.73. The Kier molecular flexibility index (Phi) is 5.04. The molecule has 0 amide bonds. The first-order valence-electron chi connectivity index (χ1n) is 11.3. The van der Waals surface area contributed by atoms with Crippen LogP contribution in [0.2, 0.25) is 0 Å². The van der Waals surface area contributed by atoms with Gasteiger partial charge < -0.3 is 9.47 Å². The first-order chi connectivity index (χ1) is 14.2. The van der Waals surface area contributed by atoms with Crippen LogP contribution in [-0.2, 0) is 26.2 Å². The van der Waals surface area contributed by atoms with Crippen molar-refractivity contribution in [2.45, 2.75) is 77.3 Å². The van der Waals surface area contributed by atoms with E-state index in [-0.39, 0.29) is 28.6 Å². The third-order valence-corrected chi connectivity index (χ3v) is 8.73. The number of rotatable bonds is 6. The Morgan fingerprint density at radius 1 is 1.20 bits per heavy atom. The van der Waals surface area contributed by atoms with Crippen molar-refractivity contribution in [2.24, 2.45) is 10.8 Å². The summed E-state index contributed by atoms with van der Waals surface area (Å²) in [6, 6.07) is 6.55. The highest BCUT2D eigenvalue weighted by molar-refractivity contribution is 6.05. The lowest BCUT2D eigenvalue weighted by Crippen LogP contribution is -2.78. The molecule has 0 N–H and O–H groups in total. The molecule has 5 heteroatoms. The van der Waals surface area contributed by atoms with Crippen LogP contribution in [0.3, 0.4) is 0 Å². The molecule has 4 bridgehead atoms. The number of benzene rings is 1. The first kappa shape index (κ1) is 21.4. The molecule has 5 nitrogen and oxygen atoms in total. The molecule has 4 aliphatic rings. The van der Waals surface area contributed by atoms with Gasteiger partial charge in [-0.05, 0) is 68.3 Å². The summed E-state index contributed by atoms with van der Waals surface area (Å²) in [5.41, 5.74) is 1.27. The predicted octanol–water partition coefficient (Wildman–Crippen LogP) is 3.91. The van der Waals surface area contributed by atoms with E-state index in [9.17, 15) is 9.59 Å². The number of methoxy groups -OCH3 is 1. The van der Waals surface area contributed by atoms with Gasteiger partial charge in [-0.15, -0.1) is 0 Å². The number of carbonyl (C=O) groups excluding carboxylic acids is 2. The van der Waals surface area contributed by atoms with Gasteiger partial charge in [-0.2, -0.15) is 0 Å². The second-order valence-electron chi connectivity index (χ2n) is 9.92. The number of likely N-dealkylation sites (N-methyl/N-ethyl adjacent to an activating group) is 1. The quantitative estimate of drug-likeness (QED) is 0.523. The molecule has 2 aliphatic carbocycles. The number of hydrogen-bond acceptors (Lipinski definition) is 5. The fourth-order valence-electron chi connectivity index (χ4n) is 7.02. The molecular weight excluding hydrogens is 378 g/mol. The molecule has 5 unspecified atom stereocenters. The molecule has 164 valence electrons. The van der Waals surface area contributed by atoms with Crippen molar-refractivity contribution < 1.29 is 19.1 Å². The number of Topliss-reactive ketones (excluding diaryl/α,β-unsaturated/α-hetero) is 1. The number of ether oxygens (including phenoxy) is 2. The third kappa shape index (κ3) is 2.50. The summed E-state index contributed by atoms with van der Waals surface area (Å²) in [7, 11) is 3.81. The molecule has 5 atom stereocenters. The smallest absolute Gasteiger partial charge is 0.321 e. The van der Waals surface area contributed by atoms with E-state index in [0.717, 1.165) is 25.0 Å². The highest BCUT2D eigenvalue weighted by atomic mass is 16.5. The summed E-state index contributed by atoms with van der Waals surface area (Å²) >= 11 is 0. The van der Waals surface area contributed by atoms with E-state index < -0.39 is 5.41 Å². The van der Waals surface area contributed by atoms with Crippen LogP contribution < -0.4 is 4.74 Å². The standard InChI is InChI=1S/C25H35NO4/c1-7-9-21(27)25(22(28)30-8-2)15-24(4)19-12-16-10-11-17(29-6)13-18(16)23(24,3)14-20(25)26(19)5/h10-11,13,19-20H,7-9,12,14-15H2,1-6H3. The molecule has 2 aliphatic heterocycles. The van der Waals surface area contributed by atoms with Crippen molar-refractivity contribution in [3.63, 3.8) is 0 Å². The molecule has 2 heterocycles. The van der Waals surface area contributed by atoms with E-state index in [1.807, 2.05) is 19.9 Å². The molecule has 0 aromatic heterocycles. The van der Waals surface area contributed by atoms with Gasteiger partial charge in [-0.25, -0.2) is 0 Å². The van der Waals surface area contributed by atoms with Crippen LogP contribution in [0.1, 0.15) is 64.5 Å². The van der Waals surface area contributed by atoms with Gasteiger partial charge in [0.15, 0.2) is 5.78 Å². The summed E-state index contributed by atoms with van der Waals surface area (Å²) in [4.78, 5) is 29.3. The van der Waals surface area contributed by atoms with E-state index in [0.29, 0.717) is 25.5 Å². The topological polar surface area (TPSA) is 55.8 Å². The van der Waals surface area contributed by atoms with Crippen LogP contribution >= 0.6 is 0 Å².